The van der Waals surface area contributed by atoms with Crippen LogP contribution < -0.4 is 20.7 Å². The third-order valence-corrected chi connectivity index (χ3v) is 9.38. The highest BCUT2D eigenvalue weighted by Gasteiger charge is 2.30. The van der Waals surface area contributed by atoms with Gasteiger partial charge in [0.2, 0.25) is 5.79 Å². The lowest BCUT2D eigenvalue weighted by molar-refractivity contribution is -0.320. The lowest BCUT2D eigenvalue weighted by atomic mass is 10.1. The van der Waals surface area contributed by atoms with E-state index in [-0.39, 0.29) is 0 Å². The summed E-state index contributed by atoms with van der Waals surface area (Å²) >= 11 is 3.76. The zero-order valence-electron chi connectivity index (χ0n) is 29.0. The van der Waals surface area contributed by atoms with Crippen molar-refractivity contribution < 1.29 is 32.1 Å². The van der Waals surface area contributed by atoms with E-state index >= 15 is 0 Å². The number of aromatic nitrogens is 3. The molecule has 2 unspecified atom stereocenters. The SMILES string of the molecule is COC(C)(C)OF.COc1ccc(CNc2ncnc3c2c(Br)cn3C2CCC(CNCCCNCCc3ccc(C(F)(F)F)cc3)C2)cc1. The highest BCUT2D eigenvalue weighted by atomic mass is 79.9. The molecule has 2 aromatic heterocycles. The number of nitrogens with one attached hydrogen (secondary N) is 3. The summed E-state index contributed by atoms with van der Waals surface area (Å²) in [6.07, 6.45) is 4.61. The molecule has 0 spiro atoms. The van der Waals surface area contributed by atoms with Crippen LogP contribution in [0, 0.1) is 5.92 Å². The van der Waals surface area contributed by atoms with Gasteiger partial charge in [-0.05, 0) is 134 Å². The Morgan fingerprint density at radius 1 is 0.920 bits per heavy atom. The van der Waals surface area contributed by atoms with E-state index in [0.29, 0.717) is 24.9 Å². The minimum atomic E-state index is -4.28. The van der Waals surface area contributed by atoms with E-state index in [4.69, 9.17) is 4.74 Å². The van der Waals surface area contributed by atoms with E-state index in [2.05, 4.69) is 62.3 Å². The number of alkyl halides is 3. The van der Waals surface area contributed by atoms with Gasteiger partial charge in [0, 0.05) is 30.4 Å². The predicted octanol–water partition coefficient (Wildman–Crippen LogP) is 8.26. The van der Waals surface area contributed by atoms with Gasteiger partial charge in [0.05, 0.1) is 18.1 Å². The van der Waals surface area contributed by atoms with Crippen molar-refractivity contribution in [3.05, 3.63) is 82.2 Å². The molecule has 0 aliphatic heterocycles. The fourth-order valence-electron chi connectivity index (χ4n) is 5.76. The fraction of sp³-hybridized carbons (Fsp3) is 0.500. The van der Waals surface area contributed by atoms with Crippen LogP contribution in [0.3, 0.4) is 0 Å². The summed E-state index contributed by atoms with van der Waals surface area (Å²) in [5.41, 5.74) is 2.39. The number of nitrogens with zero attached hydrogens (tertiary/aromatic N) is 3. The van der Waals surface area contributed by atoms with Gasteiger partial charge >= 0.3 is 6.18 Å². The lowest BCUT2D eigenvalue weighted by Gasteiger charge is -2.15. The highest BCUT2D eigenvalue weighted by molar-refractivity contribution is 9.10. The first-order valence-corrected chi connectivity index (χ1v) is 17.5. The topological polar surface area (TPSA) is 94.5 Å². The Kier molecular flexibility index (Phi) is 14.8. The summed E-state index contributed by atoms with van der Waals surface area (Å²) in [5, 5.41) is 11.5. The van der Waals surface area contributed by atoms with Gasteiger partial charge in [-0.2, -0.15) is 18.1 Å². The van der Waals surface area contributed by atoms with Gasteiger partial charge in [-0.3, -0.25) is 0 Å². The van der Waals surface area contributed by atoms with Crippen LogP contribution in [-0.4, -0.2) is 60.7 Å². The molecule has 0 radical (unpaired) electrons. The number of methoxy groups -OCH3 is 2. The Morgan fingerprint density at radius 2 is 1.62 bits per heavy atom. The van der Waals surface area contributed by atoms with Crippen molar-refractivity contribution in [2.24, 2.45) is 5.92 Å². The molecule has 0 saturated heterocycles. The summed E-state index contributed by atoms with van der Waals surface area (Å²) < 4.78 is 62.3. The van der Waals surface area contributed by atoms with E-state index in [0.717, 1.165) is 95.8 Å². The molecule has 2 heterocycles. The van der Waals surface area contributed by atoms with Crippen molar-refractivity contribution in [2.45, 2.75) is 70.5 Å². The average Bonchev–Trinajstić information content (AvgIpc) is 3.73. The van der Waals surface area contributed by atoms with Crippen molar-refractivity contribution in [3.63, 3.8) is 0 Å². The maximum absolute atomic E-state index is 12.7. The molecule has 2 atom stereocenters. The molecule has 0 amide bonds. The van der Waals surface area contributed by atoms with Crippen LogP contribution in [0.1, 0.15) is 62.3 Å². The summed E-state index contributed by atoms with van der Waals surface area (Å²) in [7, 11) is 3.04. The summed E-state index contributed by atoms with van der Waals surface area (Å²) in [4.78, 5) is 12.5. The highest BCUT2D eigenvalue weighted by Crippen LogP contribution is 2.39. The van der Waals surface area contributed by atoms with Crippen LogP contribution in [-0.2, 0) is 28.8 Å². The summed E-state index contributed by atoms with van der Waals surface area (Å²) in [5.74, 6) is 1.18. The van der Waals surface area contributed by atoms with Crippen LogP contribution >= 0.6 is 15.9 Å². The first kappa shape index (κ1) is 39.5. The molecule has 1 aliphatic rings. The molecule has 4 aromatic rings. The molecule has 5 rings (SSSR count). The van der Waals surface area contributed by atoms with Crippen LogP contribution in [0.2, 0.25) is 0 Å². The van der Waals surface area contributed by atoms with Crippen molar-refractivity contribution in [1.29, 1.82) is 0 Å². The number of ether oxygens (including phenoxy) is 2. The number of halogens is 5. The van der Waals surface area contributed by atoms with Crippen molar-refractivity contribution in [3.8, 4) is 5.75 Å². The first-order chi connectivity index (χ1) is 23.9. The van der Waals surface area contributed by atoms with Crippen LogP contribution in [0.5, 0.6) is 5.75 Å². The van der Waals surface area contributed by atoms with Crippen molar-refractivity contribution in [1.82, 2.24) is 25.2 Å². The zero-order valence-corrected chi connectivity index (χ0v) is 30.5. The summed E-state index contributed by atoms with van der Waals surface area (Å²) in [6.45, 7) is 7.16. The molecule has 3 N–H and O–H groups in total. The lowest BCUT2D eigenvalue weighted by Crippen LogP contribution is -2.26. The average molecular weight is 768 g/mol. The molecular weight excluding hydrogens is 720 g/mol. The zero-order chi connectivity index (χ0) is 36.1. The third kappa shape index (κ3) is 11.6. The van der Waals surface area contributed by atoms with Gasteiger partial charge in [-0.15, -0.1) is 0 Å². The van der Waals surface area contributed by atoms with Crippen LogP contribution in [0.15, 0.2) is 65.5 Å². The Morgan fingerprint density at radius 3 is 2.26 bits per heavy atom. The number of benzene rings is 2. The van der Waals surface area contributed by atoms with E-state index in [1.807, 2.05) is 24.3 Å². The summed E-state index contributed by atoms with van der Waals surface area (Å²) in [6, 6.07) is 13.8. The maximum Gasteiger partial charge on any atom is 0.416 e. The molecule has 274 valence electrons. The van der Waals surface area contributed by atoms with Gasteiger partial charge < -0.3 is 30.0 Å². The number of hydrogen-bond acceptors (Lipinski definition) is 8. The Bertz CT molecular complexity index is 1600. The van der Waals surface area contributed by atoms with Crippen molar-refractivity contribution in [2.75, 3.05) is 45.7 Å². The molecule has 0 bridgehead atoms. The number of rotatable bonds is 16. The monoisotopic (exact) mass is 766 g/mol. The number of anilines is 1. The van der Waals surface area contributed by atoms with Crippen LogP contribution in [0.4, 0.5) is 23.5 Å². The van der Waals surface area contributed by atoms with E-state index in [1.54, 1.807) is 25.6 Å². The minimum Gasteiger partial charge on any atom is -0.497 e. The standard InChI is InChI=1S/C32H38BrF3N6O.C4H9FO2/c1-43-27-11-6-23(7-12-27)19-39-30-29-28(33)20-42(31(29)41-21-40-30)26-10-5-24(17-26)18-38-15-2-14-37-16-13-22-3-8-25(9-4-22)32(34,35)36;1-4(2,6-3)7-5/h3-4,6-9,11-12,20-21,24,26,37-38H,2,5,10,13-19H2,1H3,(H,39,40,41);1-3H3. The van der Waals surface area contributed by atoms with E-state index in [9.17, 15) is 17.7 Å². The Balaban J connectivity index is 0.000000727. The molecule has 9 nitrogen and oxygen atoms in total. The molecule has 1 aliphatic carbocycles. The molecule has 14 heteroatoms. The quantitative estimate of drug-likeness (QED) is 0.0597. The normalized spacial score (nSPS) is 16.3. The predicted molar refractivity (Wildman–Crippen MR) is 191 cm³/mol. The number of hydrogen-bond donors (Lipinski definition) is 3. The third-order valence-electron chi connectivity index (χ3n) is 8.78. The second kappa shape index (κ2) is 18.8. The van der Waals surface area contributed by atoms with Gasteiger partial charge in [0.15, 0.2) is 0 Å². The molecule has 1 saturated carbocycles. The molecular formula is C36H47BrF4N6O3. The molecule has 2 aromatic carbocycles. The van der Waals surface area contributed by atoms with Gasteiger partial charge in [0.1, 0.15) is 23.5 Å². The Hall–Kier alpha value is -3.30. The second-order valence-electron chi connectivity index (χ2n) is 12.8. The smallest absolute Gasteiger partial charge is 0.416 e. The maximum atomic E-state index is 12.7. The van der Waals surface area contributed by atoms with Gasteiger partial charge in [0.25, 0.3) is 0 Å². The Labute approximate surface area is 299 Å². The first-order valence-electron chi connectivity index (χ1n) is 16.7. The van der Waals surface area contributed by atoms with Gasteiger partial charge in [-0.25, -0.2) is 9.97 Å². The second-order valence-corrected chi connectivity index (χ2v) is 13.6. The number of fused-ring (bicyclic) bond motifs is 1. The molecule has 50 heavy (non-hydrogen) atoms. The van der Waals surface area contributed by atoms with Crippen molar-refractivity contribution >= 4 is 32.8 Å². The largest absolute Gasteiger partial charge is 0.497 e. The fourth-order valence-corrected chi connectivity index (χ4v) is 6.35. The van der Waals surface area contributed by atoms with E-state index < -0.39 is 17.5 Å². The van der Waals surface area contributed by atoms with Crippen LogP contribution in [0.25, 0.3) is 11.0 Å². The molecule has 1 fully saturated rings. The van der Waals surface area contributed by atoms with Gasteiger partial charge in [-0.1, -0.05) is 24.3 Å². The van der Waals surface area contributed by atoms with E-state index in [1.165, 1.54) is 27.4 Å². The minimum absolute atomic E-state index is 0.400.